The molecule has 0 aliphatic rings. The highest BCUT2D eigenvalue weighted by Gasteiger charge is 2.24. The van der Waals surface area contributed by atoms with Crippen LogP contribution in [0.5, 0.6) is 0 Å². The van der Waals surface area contributed by atoms with Crippen LogP contribution in [0, 0.1) is 17.5 Å². The molecule has 6 N–H and O–H groups in total. The minimum absolute atomic E-state index is 0.0740. The molecule has 28 heavy (non-hydrogen) atoms. The number of rotatable bonds is 7. The Labute approximate surface area is 157 Å². The van der Waals surface area contributed by atoms with Gasteiger partial charge in [-0.2, -0.15) is 0 Å². The van der Waals surface area contributed by atoms with Gasteiger partial charge in [-0.3, -0.25) is 9.80 Å². The Morgan fingerprint density at radius 2 is 1.68 bits per heavy atom. The van der Waals surface area contributed by atoms with Gasteiger partial charge in [0.05, 0.1) is 6.54 Å². The van der Waals surface area contributed by atoms with Crippen LogP contribution in [0.4, 0.5) is 13.2 Å². The fraction of sp³-hybridized carbons (Fsp3) is 0.133. The van der Waals surface area contributed by atoms with Gasteiger partial charge < -0.3 is 25.2 Å². The highest BCUT2D eigenvalue weighted by Crippen LogP contribution is 2.12. The Balaban J connectivity index is 2.37. The molecule has 13 heteroatoms. The van der Waals surface area contributed by atoms with Crippen LogP contribution in [0.25, 0.3) is 0 Å². The highest BCUT2D eigenvalue weighted by atomic mass is 19.2. The van der Waals surface area contributed by atoms with E-state index in [4.69, 9.17) is 25.2 Å². The van der Waals surface area contributed by atoms with Crippen LogP contribution < -0.4 is 16.4 Å². The number of hydrogen-bond donors (Lipinski definition) is 6. The largest absolute Gasteiger partial charge is 0.491 e. The molecule has 2 aromatic rings. The maximum Gasteiger partial charge on any atom is 0.491 e. The van der Waals surface area contributed by atoms with Crippen LogP contribution >= 0.6 is 0 Å². The van der Waals surface area contributed by atoms with Gasteiger partial charge in [0.1, 0.15) is 12.5 Å². The van der Waals surface area contributed by atoms with E-state index in [9.17, 15) is 18.0 Å². The molecule has 0 heterocycles. The van der Waals surface area contributed by atoms with E-state index in [2.05, 4.69) is 5.43 Å². The summed E-state index contributed by atoms with van der Waals surface area (Å²) in [5.74, 6) is -4.74. The zero-order chi connectivity index (χ0) is 21.0. The van der Waals surface area contributed by atoms with Crippen molar-refractivity contribution in [2.75, 3.05) is 6.73 Å². The van der Waals surface area contributed by atoms with Crippen molar-refractivity contribution in [3.63, 3.8) is 0 Å². The minimum atomic E-state index is -2.30. The average molecular weight is 398 g/mol. The average Bonchev–Trinajstić information content (AvgIpc) is 2.62. The third-order valence-corrected chi connectivity index (χ3v) is 3.71. The number of carbonyl (C=O) groups is 1. The summed E-state index contributed by atoms with van der Waals surface area (Å²) in [5.41, 5.74) is 0.771. The summed E-state index contributed by atoms with van der Waals surface area (Å²) in [6, 6.07) is 4.20. The van der Waals surface area contributed by atoms with Crippen LogP contribution in [0.1, 0.15) is 15.9 Å². The number of hydrazine groups is 1. The molecule has 148 valence electrons. The lowest BCUT2D eigenvalue weighted by Crippen LogP contribution is -2.44. The number of benzene rings is 2. The summed E-state index contributed by atoms with van der Waals surface area (Å²) in [6.45, 7) is -1.24. The Morgan fingerprint density at radius 1 is 1.00 bits per heavy atom. The van der Waals surface area contributed by atoms with Crippen LogP contribution in [0.3, 0.4) is 0 Å². The maximum absolute atomic E-state index is 13.7. The van der Waals surface area contributed by atoms with Crippen LogP contribution in [-0.4, -0.2) is 57.1 Å². The fourth-order valence-electron chi connectivity index (χ4n) is 2.46. The molecule has 1 amide bonds. The smallest absolute Gasteiger partial charge is 0.423 e. The number of aliphatic hydroxyl groups excluding tert-OH is 1. The molecule has 0 atom stereocenters. The normalized spacial score (nSPS) is 10.7. The molecule has 0 radical (unpaired) electrons. The second-order valence-electron chi connectivity index (χ2n) is 5.71. The Bertz CT molecular complexity index is 872. The lowest BCUT2D eigenvalue weighted by Gasteiger charge is -2.23. The van der Waals surface area contributed by atoms with E-state index in [0.717, 1.165) is 29.3 Å². The van der Waals surface area contributed by atoms with Gasteiger partial charge in [0.2, 0.25) is 0 Å². The number of carbonyl (C=O) groups excluding carboxylic acids is 1. The Hall–Kier alpha value is -2.41. The van der Waals surface area contributed by atoms with Crippen LogP contribution in [0.15, 0.2) is 30.3 Å². The number of hydrogen-bond acceptors (Lipinski definition) is 7. The second-order valence-corrected chi connectivity index (χ2v) is 5.71. The molecule has 2 rings (SSSR count). The van der Waals surface area contributed by atoms with E-state index >= 15 is 0 Å². The first-order valence-corrected chi connectivity index (χ1v) is 7.80. The van der Waals surface area contributed by atoms with Crippen LogP contribution in [0.2, 0.25) is 0 Å². The van der Waals surface area contributed by atoms with Gasteiger partial charge in [-0.05, 0) is 35.3 Å². The molecule has 0 aliphatic heterocycles. The van der Waals surface area contributed by atoms with Gasteiger partial charge in [0.25, 0.3) is 5.91 Å². The first-order chi connectivity index (χ1) is 13.1. The van der Waals surface area contributed by atoms with Crippen molar-refractivity contribution in [3.05, 3.63) is 58.9 Å². The molecular weight excluding hydrogens is 383 g/mol. The fourth-order valence-corrected chi connectivity index (χ4v) is 2.46. The van der Waals surface area contributed by atoms with Gasteiger partial charge in [0.15, 0.2) is 11.6 Å². The number of nitrogens with one attached hydrogen (secondary N) is 1. The molecule has 2 aromatic carbocycles. The summed E-state index contributed by atoms with van der Waals surface area (Å²) < 4.78 is 40.9. The first-order valence-electron chi connectivity index (χ1n) is 7.80. The van der Waals surface area contributed by atoms with Crippen molar-refractivity contribution >= 4 is 31.1 Å². The Morgan fingerprint density at radius 3 is 2.25 bits per heavy atom. The number of nitrogens with zero attached hydrogens (tertiary/aromatic N) is 1. The van der Waals surface area contributed by atoms with Gasteiger partial charge >= 0.3 is 14.2 Å². The van der Waals surface area contributed by atoms with Gasteiger partial charge in [-0.15, -0.1) is 0 Å². The van der Waals surface area contributed by atoms with Crippen molar-refractivity contribution in [1.82, 2.24) is 10.4 Å². The topological polar surface area (TPSA) is 133 Å². The van der Waals surface area contributed by atoms with E-state index in [1.807, 2.05) is 0 Å². The molecular formula is C15H15B2F3N2O6. The number of aliphatic hydroxyl groups is 1. The molecule has 0 aromatic heterocycles. The molecule has 0 spiro atoms. The predicted molar refractivity (Wildman–Crippen MR) is 92.5 cm³/mol. The van der Waals surface area contributed by atoms with Crippen LogP contribution in [-0.2, 0) is 6.54 Å². The quantitative estimate of drug-likeness (QED) is 0.174. The van der Waals surface area contributed by atoms with E-state index in [1.54, 1.807) is 0 Å². The molecule has 0 fully saturated rings. The van der Waals surface area contributed by atoms with Crippen molar-refractivity contribution in [1.29, 1.82) is 0 Å². The third kappa shape index (κ3) is 5.10. The van der Waals surface area contributed by atoms with Gasteiger partial charge in [-0.25, -0.2) is 18.6 Å². The number of halogens is 3. The monoisotopic (exact) mass is 398 g/mol. The highest BCUT2D eigenvalue weighted by molar-refractivity contribution is 6.59. The molecule has 0 unspecified atom stereocenters. The summed E-state index contributed by atoms with van der Waals surface area (Å²) >= 11 is 0. The van der Waals surface area contributed by atoms with E-state index in [-0.39, 0.29) is 16.6 Å². The van der Waals surface area contributed by atoms with E-state index in [0.29, 0.717) is 6.07 Å². The van der Waals surface area contributed by atoms with Crippen molar-refractivity contribution in [2.24, 2.45) is 0 Å². The van der Waals surface area contributed by atoms with Gasteiger partial charge in [-0.1, -0.05) is 6.07 Å². The van der Waals surface area contributed by atoms with E-state index in [1.165, 1.54) is 0 Å². The van der Waals surface area contributed by atoms with Crippen molar-refractivity contribution < 1.29 is 43.2 Å². The first kappa shape index (κ1) is 21.9. The number of amides is 1. The molecule has 0 saturated heterocycles. The van der Waals surface area contributed by atoms with E-state index < -0.39 is 56.3 Å². The molecule has 0 saturated carbocycles. The second kappa shape index (κ2) is 9.19. The summed E-state index contributed by atoms with van der Waals surface area (Å²) in [4.78, 5) is 12.6. The van der Waals surface area contributed by atoms with Gasteiger partial charge in [0, 0.05) is 11.0 Å². The standard InChI is InChI=1S/C15H15B2F3N2O6/c18-11-4-9(3-10(5-11)16(25)26)15(24)22(21-7-23)6-8-1-12(17(27)28)14(20)13(19)2-8/h1-5,21,23,25-28H,6-7H2. The predicted octanol–water partition coefficient (Wildman–Crippen LogP) is -2.44. The summed E-state index contributed by atoms with van der Waals surface area (Å²) in [7, 11) is -4.34. The SMILES string of the molecule is O=C(c1cc(F)cc(B(O)O)c1)N(Cc1cc(F)c(F)c(B(O)O)c1)NCO. The van der Waals surface area contributed by atoms with Crippen molar-refractivity contribution in [3.8, 4) is 0 Å². The molecule has 0 aliphatic carbocycles. The minimum Gasteiger partial charge on any atom is -0.423 e. The molecule has 8 nitrogen and oxygen atoms in total. The molecule has 0 bridgehead atoms. The summed E-state index contributed by atoms with van der Waals surface area (Å²) in [6.07, 6.45) is 0. The zero-order valence-electron chi connectivity index (χ0n) is 14.2. The van der Waals surface area contributed by atoms with Crippen molar-refractivity contribution in [2.45, 2.75) is 6.54 Å². The lowest BCUT2D eigenvalue weighted by molar-refractivity contribution is 0.0528. The lowest BCUT2D eigenvalue weighted by atomic mass is 9.79. The maximum atomic E-state index is 13.7. The summed E-state index contributed by atoms with van der Waals surface area (Å²) in [5, 5.41) is 46.3. The Kier molecular flexibility index (Phi) is 7.18. The zero-order valence-corrected chi connectivity index (χ0v) is 14.2. The third-order valence-electron chi connectivity index (χ3n) is 3.71.